The van der Waals surface area contributed by atoms with Crippen LogP contribution < -0.4 is 4.90 Å². The van der Waals surface area contributed by atoms with E-state index in [0.29, 0.717) is 0 Å². The van der Waals surface area contributed by atoms with Gasteiger partial charge in [-0.1, -0.05) is 27.2 Å². The topological polar surface area (TPSA) is 56.7 Å². The summed E-state index contributed by atoms with van der Waals surface area (Å²) >= 11 is 0. The first-order valence-electron chi connectivity index (χ1n) is 12.0. The molecule has 3 heterocycles. The van der Waals surface area contributed by atoms with Crippen LogP contribution in [0.4, 0.5) is 5.69 Å². The number of aromatic carboxylic acids is 1. The lowest BCUT2D eigenvalue weighted by Crippen LogP contribution is -2.45. The summed E-state index contributed by atoms with van der Waals surface area (Å²) in [6.45, 7) is 10.9. The Labute approximate surface area is 181 Å². The lowest BCUT2D eigenvalue weighted by molar-refractivity contribution is 0.0687. The molecule has 1 aliphatic carbocycles. The molecule has 5 heteroatoms. The van der Waals surface area contributed by atoms with Crippen LogP contribution in [0.15, 0.2) is 12.3 Å². The zero-order chi connectivity index (χ0) is 21.3. The van der Waals surface area contributed by atoms with Gasteiger partial charge >= 0.3 is 5.97 Å². The van der Waals surface area contributed by atoms with Crippen molar-refractivity contribution in [3.05, 3.63) is 23.5 Å². The molecule has 4 rings (SSSR count). The van der Waals surface area contributed by atoms with Crippen molar-refractivity contribution in [2.45, 2.75) is 83.6 Å². The minimum absolute atomic E-state index is 0.189. The second kappa shape index (κ2) is 8.86. The Morgan fingerprint density at radius 1 is 1.03 bits per heavy atom. The van der Waals surface area contributed by atoms with E-state index in [9.17, 15) is 9.90 Å². The van der Waals surface area contributed by atoms with E-state index in [0.717, 1.165) is 42.2 Å². The number of aromatic nitrogens is 1. The van der Waals surface area contributed by atoms with Crippen molar-refractivity contribution in [1.82, 2.24) is 9.88 Å². The fourth-order valence-corrected chi connectivity index (χ4v) is 5.57. The summed E-state index contributed by atoms with van der Waals surface area (Å²) in [5, 5.41) is 9.51. The van der Waals surface area contributed by atoms with Crippen molar-refractivity contribution >= 4 is 11.7 Å². The Morgan fingerprint density at radius 2 is 1.63 bits per heavy atom. The molecule has 3 fully saturated rings. The summed E-state index contributed by atoms with van der Waals surface area (Å²) in [6.07, 6.45) is 12.7. The molecule has 5 nitrogen and oxygen atoms in total. The molecule has 30 heavy (non-hydrogen) atoms. The average molecular weight is 414 g/mol. The maximum absolute atomic E-state index is 11.6. The van der Waals surface area contributed by atoms with Gasteiger partial charge in [-0.3, -0.25) is 0 Å². The van der Waals surface area contributed by atoms with Crippen LogP contribution in [-0.4, -0.2) is 53.2 Å². The highest BCUT2D eigenvalue weighted by atomic mass is 16.4. The number of hydrogen-bond acceptors (Lipinski definition) is 4. The number of carboxylic acids is 1. The van der Waals surface area contributed by atoms with Gasteiger partial charge in [-0.15, -0.1) is 0 Å². The van der Waals surface area contributed by atoms with Gasteiger partial charge in [-0.05, 0) is 86.9 Å². The predicted molar refractivity (Wildman–Crippen MR) is 121 cm³/mol. The summed E-state index contributed by atoms with van der Waals surface area (Å²) < 4.78 is 0. The molecule has 0 aromatic carbocycles. The van der Waals surface area contributed by atoms with E-state index in [1.807, 2.05) is 0 Å². The molecule has 0 spiro atoms. The van der Waals surface area contributed by atoms with Crippen molar-refractivity contribution in [2.24, 2.45) is 11.8 Å². The summed E-state index contributed by atoms with van der Waals surface area (Å²) in [4.78, 5) is 21.1. The third-order valence-corrected chi connectivity index (χ3v) is 7.77. The molecule has 1 saturated carbocycles. The Kier molecular flexibility index (Phi) is 6.38. The molecule has 2 aliphatic heterocycles. The smallest absolute Gasteiger partial charge is 0.354 e. The zero-order valence-corrected chi connectivity index (χ0v) is 19.1. The molecule has 2 saturated heterocycles. The number of nitrogens with zero attached hydrogens (tertiary/aromatic N) is 3. The van der Waals surface area contributed by atoms with Gasteiger partial charge in [0, 0.05) is 19.1 Å². The number of hydrogen-bond donors (Lipinski definition) is 1. The first kappa shape index (κ1) is 21.6. The highest BCUT2D eigenvalue weighted by Crippen LogP contribution is 2.35. The van der Waals surface area contributed by atoms with E-state index >= 15 is 0 Å². The Balaban J connectivity index is 1.30. The van der Waals surface area contributed by atoms with Gasteiger partial charge < -0.3 is 14.9 Å². The minimum atomic E-state index is -0.937. The first-order valence-corrected chi connectivity index (χ1v) is 12.0. The van der Waals surface area contributed by atoms with Gasteiger partial charge in [-0.25, -0.2) is 9.78 Å². The van der Waals surface area contributed by atoms with E-state index in [2.05, 4.69) is 41.6 Å². The normalized spacial score (nSPS) is 22.8. The molecule has 1 aromatic heterocycles. The molecular weight excluding hydrogens is 374 g/mol. The number of anilines is 1. The summed E-state index contributed by atoms with van der Waals surface area (Å²) in [5.41, 5.74) is 1.86. The van der Waals surface area contributed by atoms with E-state index in [4.69, 9.17) is 0 Å². The van der Waals surface area contributed by atoms with Crippen LogP contribution in [-0.2, 0) is 5.41 Å². The van der Waals surface area contributed by atoms with Crippen LogP contribution in [0.3, 0.4) is 0 Å². The van der Waals surface area contributed by atoms with Crippen molar-refractivity contribution in [3.8, 4) is 0 Å². The average Bonchev–Trinajstić information content (AvgIpc) is 2.67. The molecule has 3 aliphatic rings. The molecule has 0 unspecified atom stereocenters. The standard InChI is InChI=1S/C25H39N3O2/c1-25(2,3)22-16-21(17-26-23(22)24(29)30)28-13-9-19(10-14-28)15-18-7-11-27(12-8-18)20-5-4-6-20/h16-20H,4-15H2,1-3H3,(H,29,30). The second-order valence-corrected chi connectivity index (χ2v) is 10.9. The van der Waals surface area contributed by atoms with Gasteiger partial charge in [0.2, 0.25) is 0 Å². The van der Waals surface area contributed by atoms with Crippen molar-refractivity contribution in [1.29, 1.82) is 0 Å². The van der Waals surface area contributed by atoms with E-state index in [1.165, 1.54) is 64.5 Å². The third-order valence-electron chi connectivity index (χ3n) is 7.77. The van der Waals surface area contributed by atoms with Crippen LogP contribution in [0.1, 0.15) is 88.2 Å². The highest BCUT2D eigenvalue weighted by molar-refractivity contribution is 5.88. The number of piperidine rings is 2. The Hall–Kier alpha value is -1.62. The minimum Gasteiger partial charge on any atom is -0.477 e. The summed E-state index contributed by atoms with van der Waals surface area (Å²) in [7, 11) is 0. The van der Waals surface area contributed by atoms with Crippen LogP contribution in [0.5, 0.6) is 0 Å². The van der Waals surface area contributed by atoms with Crippen LogP contribution >= 0.6 is 0 Å². The van der Waals surface area contributed by atoms with E-state index in [1.54, 1.807) is 6.20 Å². The van der Waals surface area contributed by atoms with Crippen LogP contribution in [0, 0.1) is 11.8 Å². The summed E-state index contributed by atoms with van der Waals surface area (Å²) in [6, 6.07) is 2.97. The van der Waals surface area contributed by atoms with Gasteiger partial charge in [0.1, 0.15) is 0 Å². The van der Waals surface area contributed by atoms with Gasteiger partial charge in [0.15, 0.2) is 5.69 Å². The molecule has 0 amide bonds. The maximum atomic E-state index is 11.6. The van der Waals surface area contributed by atoms with Crippen LogP contribution in [0.25, 0.3) is 0 Å². The van der Waals surface area contributed by atoms with Crippen LogP contribution in [0.2, 0.25) is 0 Å². The van der Waals surface area contributed by atoms with E-state index in [-0.39, 0.29) is 11.1 Å². The molecule has 0 bridgehead atoms. The SMILES string of the molecule is CC(C)(C)c1cc(N2CCC(CC3CCN(C4CCC4)CC3)CC2)cnc1C(=O)O. The maximum Gasteiger partial charge on any atom is 0.354 e. The predicted octanol–water partition coefficient (Wildman–Crippen LogP) is 4.95. The molecular formula is C25H39N3O2. The number of carbonyl (C=O) groups is 1. The fraction of sp³-hybridized carbons (Fsp3) is 0.760. The molecule has 1 N–H and O–H groups in total. The van der Waals surface area contributed by atoms with Gasteiger partial charge in [0.05, 0.1) is 11.9 Å². The Morgan fingerprint density at radius 3 is 2.13 bits per heavy atom. The van der Waals surface area contributed by atoms with E-state index < -0.39 is 5.97 Å². The molecule has 0 atom stereocenters. The van der Waals surface area contributed by atoms with Crippen molar-refractivity contribution < 1.29 is 9.90 Å². The van der Waals surface area contributed by atoms with Crippen molar-refractivity contribution in [2.75, 3.05) is 31.1 Å². The third kappa shape index (κ3) is 4.82. The molecule has 166 valence electrons. The van der Waals surface area contributed by atoms with Gasteiger partial charge in [0.25, 0.3) is 0 Å². The number of carboxylic acid groups (broad SMARTS) is 1. The Bertz CT molecular complexity index is 737. The number of pyridine rings is 1. The quantitative estimate of drug-likeness (QED) is 0.740. The van der Waals surface area contributed by atoms with Crippen molar-refractivity contribution in [3.63, 3.8) is 0 Å². The lowest BCUT2D eigenvalue weighted by atomic mass is 9.81. The van der Waals surface area contributed by atoms with Gasteiger partial charge in [-0.2, -0.15) is 0 Å². The number of rotatable bonds is 5. The molecule has 1 aromatic rings. The largest absolute Gasteiger partial charge is 0.477 e. The number of likely N-dealkylation sites (tertiary alicyclic amines) is 1. The highest BCUT2D eigenvalue weighted by Gasteiger charge is 2.31. The second-order valence-electron chi connectivity index (χ2n) is 10.9. The monoisotopic (exact) mass is 413 g/mol. The zero-order valence-electron chi connectivity index (χ0n) is 19.1. The fourth-order valence-electron chi connectivity index (χ4n) is 5.57. The molecule has 0 radical (unpaired) electrons. The lowest BCUT2D eigenvalue weighted by Gasteiger charge is -2.43. The first-order chi connectivity index (χ1) is 14.3. The summed E-state index contributed by atoms with van der Waals surface area (Å²) in [5.74, 6) is 0.824.